The standard InChI is InChI=1S/C4H9BN2O2/c1-5(9)7-3-2-6-4(7)8/h9H,2-3H2,1H3,(H,6,8). The van der Waals surface area contributed by atoms with Gasteiger partial charge in [-0.05, 0) is 6.82 Å². The van der Waals surface area contributed by atoms with E-state index in [4.69, 9.17) is 5.02 Å². The number of nitrogens with one attached hydrogen (secondary N) is 1. The Morgan fingerprint density at radius 2 is 2.56 bits per heavy atom. The SMILES string of the molecule is CB(O)N1CCNC1=O. The molecule has 5 heteroatoms. The Balaban J connectivity index is 2.49. The van der Waals surface area contributed by atoms with Gasteiger partial charge in [0.15, 0.2) is 0 Å². The van der Waals surface area contributed by atoms with Crippen molar-refractivity contribution < 1.29 is 9.82 Å². The molecule has 1 aliphatic rings. The first-order valence-corrected chi connectivity index (χ1v) is 2.94. The van der Waals surface area contributed by atoms with E-state index in [0.29, 0.717) is 13.1 Å². The molecule has 0 aromatic heterocycles. The Labute approximate surface area is 54.0 Å². The van der Waals surface area contributed by atoms with Gasteiger partial charge in [0.25, 0.3) is 0 Å². The summed E-state index contributed by atoms with van der Waals surface area (Å²) in [6.45, 7) is 2.82. The van der Waals surface area contributed by atoms with Crippen molar-refractivity contribution in [1.82, 2.24) is 10.1 Å². The zero-order valence-electron chi connectivity index (χ0n) is 5.29. The lowest BCUT2D eigenvalue weighted by Crippen LogP contribution is -2.39. The lowest BCUT2D eigenvalue weighted by atomic mass is 9.86. The minimum absolute atomic E-state index is 0.176. The van der Waals surface area contributed by atoms with Gasteiger partial charge in [-0.15, -0.1) is 0 Å². The van der Waals surface area contributed by atoms with Gasteiger partial charge in [0.05, 0.1) is 0 Å². The fourth-order valence-electron chi connectivity index (χ4n) is 0.843. The van der Waals surface area contributed by atoms with Crippen molar-refractivity contribution in [3.63, 3.8) is 0 Å². The smallest absolute Gasteiger partial charge is 0.413 e. The van der Waals surface area contributed by atoms with E-state index in [9.17, 15) is 4.79 Å². The van der Waals surface area contributed by atoms with Crippen LogP contribution in [0.1, 0.15) is 0 Å². The first kappa shape index (κ1) is 6.42. The molecule has 0 saturated carbocycles. The maximum Gasteiger partial charge on any atom is 0.413 e. The number of nitrogens with zero attached hydrogens (tertiary/aromatic N) is 1. The van der Waals surface area contributed by atoms with Crippen molar-refractivity contribution in [3.8, 4) is 0 Å². The predicted octanol–water partition coefficient (Wildman–Crippen LogP) is -0.878. The van der Waals surface area contributed by atoms with Gasteiger partial charge in [0, 0.05) is 13.1 Å². The number of amides is 2. The van der Waals surface area contributed by atoms with Gasteiger partial charge in [-0.1, -0.05) is 0 Å². The van der Waals surface area contributed by atoms with E-state index in [2.05, 4.69) is 5.32 Å². The summed E-state index contributed by atoms with van der Waals surface area (Å²) >= 11 is 0. The Morgan fingerprint density at radius 1 is 1.89 bits per heavy atom. The van der Waals surface area contributed by atoms with Gasteiger partial charge in [-0.2, -0.15) is 0 Å². The van der Waals surface area contributed by atoms with Gasteiger partial charge in [-0.3, -0.25) is 0 Å². The van der Waals surface area contributed by atoms with Crippen LogP contribution >= 0.6 is 0 Å². The zero-order chi connectivity index (χ0) is 6.85. The summed E-state index contributed by atoms with van der Waals surface area (Å²) in [7, 11) is -0.660. The molecule has 1 aliphatic heterocycles. The van der Waals surface area contributed by atoms with Crippen molar-refractivity contribution >= 4 is 13.1 Å². The minimum Gasteiger partial charge on any atom is -0.432 e. The second kappa shape index (κ2) is 2.27. The fourth-order valence-corrected chi connectivity index (χ4v) is 0.843. The summed E-state index contributed by atoms with van der Waals surface area (Å²) in [6.07, 6.45) is 0. The molecule has 0 atom stereocenters. The highest BCUT2D eigenvalue weighted by Crippen LogP contribution is 1.96. The van der Waals surface area contributed by atoms with Crippen LogP contribution in [0.5, 0.6) is 0 Å². The Kier molecular flexibility index (Phi) is 1.62. The highest BCUT2D eigenvalue weighted by molar-refractivity contribution is 6.49. The first-order chi connectivity index (χ1) is 4.22. The van der Waals surface area contributed by atoms with Gasteiger partial charge < -0.3 is 15.2 Å². The molecule has 0 aliphatic carbocycles. The van der Waals surface area contributed by atoms with Crippen molar-refractivity contribution in [2.75, 3.05) is 13.1 Å². The number of hydrogen-bond donors (Lipinski definition) is 2. The van der Waals surface area contributed by atoms with Crippen LogP contribution in [0.2, 0.25) is 6.82 Å². The first-order valence-electron chi connectivity index (χ1n) is 2.94. The third-order valence-corrected chi connectivity index (χ3v) is 1.34. The molecule has 0 aromatic carbocycles. The van der Waals surface area contributed by atoms with Gasteiger partial charge >= 0.3 is 13.1 Å². The predicted molar refractivity (Wildman–Crippen MR) is 33.9 cm³/mol. The molecule has 1 rings (SSSR count). The zero-order valence-corrected chi connectivity index (χ0v) is 5.29. The monoisotopic (exact) mass is 128 g/mol. The van der Waals surface area contributed by atoms with Gasteiger partial charge in [0.1, 0.15) is 0 Å². The molecule has 2 amide bonds. The van der Waals surface area contributed by atoms with Crippen molar-refractivity contribution in [3.05, 3.63) is 0 Å². The maximum absolute atomic E-state index is 10.7. The van der Waals surface area contributed by atoms with Crippen molar-refractivity contribution in [2.45, 2.75) is 6.82 Å². The summed E-state index contributed by atoms with van der Waals surface area (Å²) in [5.74, 6) is 0. The quantitative estimate of drug-likeness (QED) is 0.450. The molecule has 4 nitrogen and oxygen atoms in total. The van der Waals surface area contributed by atoms with Gasteiger partial charge in [0.2, 0.25) is 0 Å². The van der Waals surface area contributed by atoms with Crippen LogP contribution in [0.4, 0.5) is 4.79 Å². The van der Waals surface area contributed by atoms with Crippen molar-refractivity contribution in [1.29, 1.82) is 0 Å². The average Bonchev–Trinajstić information content (AvgIpc) is 2.13. The number of carbonyl (C=O) groups is 1. The van der Waals surface area contributed by atoms with E-state index in [-0.39, 0.29) is 6.03 Å². The molecule has 0 unspecified atom stereocenters. The lowest BCUT2D eigenvalue weighted by molar-refractivity contribution is 0.232. The second-order valence-corrected chi connectivity index (χ2v) is 2.06. The largest absolute Gasteiger partial charge is 0.432 e. The second-order valence-electron chi connectivity index (χ2n) is 2.06. The van der Waals surface area contributed by atoms with Crippen LogP contribution in [-0.4, -0.2) is 36.0 Å². The molecule has 1 fully saturated rings. The maximum atomic E-state index is 10.7. The van der Waals surface area contributed by atoms with Gasteiger partial charge in [-0.25, -0.2) is 4.79 Å². The molecule has 1 saturated heterocycles. The van der Waals surface area contributed by atoms with Crippen LogP contribution in [-0.2, 0) is 0 Å². The lowest BCUT2D eigenvalue weighted by Gasteiger charge is -2.12. The molecule has 2 N–H and O–H groups in total. The van der Waals surface area contributed by atoms with Crippen molar-refractivity contribution in [2.24, 2.45) is 0 Å². The molecular weight excluding hydrogens is 119 g/mol. The molecule has 0 aromatic rings. The van der Waals surface area contributed by atoms with Crippen LogP contribution in [0, 0.1) is 0 Å². The normalized spacial score (nSPS) is 18.0. The topological polar surface area (TPSA) is 52.6 Å². The summed E-state index contributed by atoms with van der Waals surface area (Å²) in [5, 5.41) is 11.5. The van der Waals surface area contributed by atoms with E-state index in [0.717, 1.165) is 0 Å². The third kappa shape index (κ3) is 1.16. The van der Waals surface area contributed by atoms with E-state index < -0.39 is 7.05 Å². The number of rotatable bonds is 1. The van der Waals surface area contributed by atoms with Crippen LogP contribution in [0.15, 0.2) is 0 Å². The highest BCUT2D eigenvalue weighted by Gasteiger charge is 2.25. The molecule has 0 bridgehead atoms. The average molecular weight is 128 g/mol. The summed E-state index contributed by atoms with van der Waals surface area (Å²) in [6, 6.07) is -0.176. The molecule has 0 radical (unpaired) electrons. The third-order valence-electron chi connectivity index (χ3n) is 1.34. The molecule has 50 valence electrons. The highest BCUT2D eigenvalue weighted by atomic mass is 16.2. The minimum atomic E-state index is -0.660. The Hall–Kier alpha value is -0.705. The van der Waals surface area contributed by atoms with Crippen LogP contribution < -0.4 is 5.32 Å². The summed E-state index contributed by atoms with van der Waals surface area (Å²) in [5.41, 5.74) is 0. The van der Waals surface area contributed by atoms with Crippen LogP contribution in [0.3, 0.4) is 0 Å². The van der Waals surface area contributed by atoms with E-state index in [1.807, 2.05) is 0 Å². The number of urea groups is 1. The van der Waals surface area contributed by atoms with E-state index in [1.165, 1.54) is 4.81 Å². The Bertz CT molecular complexity index is 128. The molecule has 0 spiro atoms. The van der Waals surface area contributed by atoms with Crippen LogP contribution in [0.25, 0.3) is 0 Å². The summed E-state index contributed by atoms with van der Waals surface area (Å²) in [4.78, 5) is 12.0. The van der Waals surface area contributed by atoms with E-state index >= 15 is 0 Å². The van der Waals surface area contributed by atoms with E-state index in [1.54, 1.807) is 6.82 Å². The molecule has 1 heterocycles. The fraction of sp³-hybridized carbons (Fsp3) is 0.750. The number of carbonyl (C=O) groups excluding carboxylic acids is 1. The number of hydrogen-bond acceptors (Lipinski definition) is 2. The molecule has 9 heavy (non-hydrogen) atoms. The summed E-state index contributed by atoms with van der Waals surface area (Å²) < 4.78 is 0. The Morgan fingerprint density at radius 3 is 2.78 bits per heavy atom. The molecular formula is C4H9BN2O2.